The summed E-state index contributed by atoms with van der Waals surface area (Å²) < 4.78 is 11.5. The number of primary amides is 1. The minimum Gasteiger partial charge on any atom is -0.507 e. The lowest BCUT2D eigenvalue weighted by Crippen LogP contribution is -2.26. The molecular formula is C22H18N2O4. The number of phenolic OH excluding ortho intramolecular Hbond substituents is 1. The zero-order chi connectivity index (χ0) is 19.7. The molecule has 0 saturated carbocycles. The average molecular weight is 374 g/mol. The molecule has 140 valence electrons. The second kappa shape index (κ2) is 7.08. The first kappa shape index (κ1) is 17.6. The van der Waals surface area contributed by atoms with Crippen molar-refractivity contribution in [2.24, 2.45) is 5.73 Å². The predicted molar refractivity (Wildman–Crippen MR) is 105 cm³/mol. The molecule has 0 aliphatic carbocycles. The molecule has 1 atom stereocenters. The van der Waals surface area contributed by atoms with Gasteiger partial charge in [0.05, 0.1) is 5.56 Å². The predicted octanol–water partition coefficient (Wildman–Crippen LogP) is 4.11. The standard InChI is InChI=1S/C22H18N2O4/c1-13-6-9-15(10-7-13)27-20(21(23)26)14-8-11-18(25)16(12-14)22-24-17-4-2-3-5-19(17)28-22/h2-12,20,25H,1H3,(H2,23,26). The third-order valence-corrected chi connectivity index (χ3v) is 4.38. The van der Waals surface area contributed by atoms with E-state index in [-0.39, 0.29) is 11.6 Å². The van der Waals surface area contributed by atoms with E-state index in [4.69, 9.17) is 14.9 Å². The Morgan fingerprint density at radius 3 is 2.57 bits per heavy atom. The van der Waals surface area contributed by atoms with E-state index in [1.807, 2.05) is 37.3 Å². The summed E-state index contributed by atoms with van der Waals surface area (Å²) in [4.78, 5) is 16.4. The molecule has 1 heterocycles. The molecule has 0 aliphatic heterocycles. The lowest BCUT2D eigenvalue weighted by Gasteiger charge is -2.17. The molecule has 1 aromatic heterocycles. The number of rotatable bonds is 5. The quantitative estimate of drug-likeness (QED) is 0.548. The van der Waals surface area contributed by atoms with Crippen LogP contribution in [-0.2, 0) is 4.79 Å². The van der Waals surface area contributed by atoms with E-state index in [2.05, 4.69) is 4.98 Å². The lowest BCUT2D eigenvalue weighted by atomic mass is 10.0. The van der Waals surface area contributed by atoms with Crippen LogP contribution in [0.3, 0.4) is 0 Å². The van der Waals surface area contributed by atoms with Crippen molar-refractivity contribution in [3.8, 4) is 23.0 Å². The van der Waals surface area contributed by atoms with Crippen LogP contribution >= 0.6 is 0 Å². The first-order valence-electron chi connectivity index (χ1n) is 8.73. The Labute approximate surface area is 161 Å². The minimum absolute atomic E-state index is 0.0196. The van der Waals surface area contributed by atoms with Gasteiger partial charge >= 0.3 is 0 Å². The molecule has 6 heteroatoms. The van der Waals surface area contributed by atoms with Crippen molar-refractivity contribution in [2.45, 2.75) is 13.0 Å². The number of aromatic hydroxyl groups is 1. The monoisotopic (exact) mass is 374 g/mol. The summed E-state index contributed by atoms with van der Waals surface area (Å²) in [6.45, 7) is 1.96. The van der Waals surface area contributed by atoms with E-state index in [0.29, 0.717) is 28.0 Å². The van der Waals surface area contributed by atoms with E-state index in [1.54, 1.807) is 30.3 Å². The van der Waals surface area contributed by atoms with Crippen LogP contribution in [-0.4, -0.2) is 16.0 Å². The fraction of sp³-hybridized carbons (Fsp3) is 0.0909. The Kier molecular flexibility index (Phi) is 4.45. The van der Waals surface area contributed by atoms with Crippen molar-refractivity contribution in [3.63, 3.8) is 0 Å². The third kappa shape index (κ3) is 3.40. The van der Waals surface area contributed by atoms with Crippen molar-refractivity contribution in [3.05, 3.63) is 77.9 Å². The summed E-state index contributed by atoms with van der Waals surface area (Å²) in [6, 6.07) is 19.3. The van der Waals surface area contributed by atoms with Crippen LogP contribution in [0, 0.1) is 6.92 Å². The first-order valence-corrected chi connectivity index (χ1v) is 8.73. The van der Waals surface area contributed by atoms with Gasteiger partial charge in [0.1, 0.15) is 17.0 Å². The fourth-order valence-electron chi connectivity index (χ4n) is 2.92. The number of phenols is 1. The van der Waals surface area contributed by atoms with Gasteiger partial charge in [-0.25, -0.2) is 4.98 Å². The van der Waals surface area contributed by atoms with Gasteiger partial charge in [-0.3, -0.25) is 4.79 Å². The molecule has 4 rings (SSSR count). The number of benzene rings is 3. The maximum Gasteiger partial charge on any atom is 0.263 e. The summed E-state index contributed by atoms with van der Waals surface area (Å²) in [5.41, 5.74) is 8.76. The molecule has 0 spiro atoms. The van der Waals surface area contributed by atoms with Gasteiger partial charge in [0.15, 0.2) is 5.58 Å². The first-order chi connectivity index (χ1) is 13.5. The molecule has 3 aromatic carbocycles. The second-order valence-corrected chi connectivity index (χ2v) is 6.48. The van der Waals surface area contributed by atoms with E-state index in [1.165, 1.54) is 6.07 Å². The fourth-order valence-corrected chi connectivity index (χ4v) is 2.92. The zero-order valence-corrected chi connectivity index (χ0v) is 15.1. The Balaban J connectivity index is 1.73. The maximum atomic E-state index is 12.0. The molecule has 1 unspecified atom stereocenters. The number of fused-ring (bicyclic) bond motifs is 1. The number of aromatic nitrogens is 1. The van der Waals surface area contributed by atoms with Gasteiger partial charge in [0.25, 0.3) is 5.91 Å². The Morgan fingerprint density at radius 2 is 1.86 bits per heavy atom. The largest absolute Gasteiger partial charge is 0.507 e. The number of carbonyl (C=O) groups excluding carboxylic acids is 1. The molecule has 6 nitrogen and oxygen atoms in total. The van der Waals surface area contributed by atoms with Crippen molar-refractivity contribution < 1.29 is 19.1 Å². The highest BCUT2D eigenvalue weighted by Crippen LogP contribution is 2.34. The Hall–Kier alpha value is -3.80. The van der Waals surface area contributed by atoms with E-state index < -0.39 is 12.0 Å². The molecule has 0 bridgehead atoms. The van der Waals surface area contributed by atoms with Crippen LogP contribution in [0.2, 0.25) is 0 Å². The second-order valence-electron chi connectivity index (χ2n) is 6.48. The van der Waals surface area contributed by atoms with Gasteiger partial charge < -0.3 is 20.0 Å². The van der Waals surface area contributed by atoms with Crippen LogP contribution in [0.15, 0.2) is 71.1 Å². The number of carbonyl (C=O) groups is 1. The van der Waals surface area contributed by atoms with Crippen LogP contribution in [0.4, 0.5) is 0 Å². The van der Waals surface area contributed by atoms with Gasteiger partial charge in [-0.1, -0.05) is 35.9 Å². The van der Waals surface area contributed by atoms with Crippen molar-refractivity contribution in [1.82, 2.24) is 4.98 Å². The van der Waals surface area contributed by atoms with Crippen LogP contribution in [0.5, 0.6) is 11.5 Å². The topological polar surface area (TPSA) is 98.6 Å². The maximum absolute atomic E-state index is 12.0. The normalized spacial score (nSPS) is 12.0. The summed E-state index contributed by atoms with van der Waals surface area (Å²) >= 11 is 0. The van der Waals surface area contributed by atoms with Crippen molar-refractivity contribution in [1.29, 1.82) is 0 Å². The van der Waals surface area contributed by atoms with Crippen molar-refractivity contribution >= 4 is 17.0 Å². The highest BCUT2D eigenvalue weighted by Gasteiger charge is 2.23. The molecule has 3 N–H and O–H groups in total. The lowest BCUT2D eigenvalue weighted by molar-refractivity contribution is -0.125. The number of oxazole rings is 1. The van der Waals surface area contributed by atoms with Gasteiger partial charge in [0, 0.05) is 5.56 Å². The summed E-state index contributed by atoms with van der Waals surface area (Å²) in [5.74, 6) is 0.105. The molecule has 1 amide bonds. The molecule has 0 radical (unpaired) electrons. The third-order valence-electron chi connectivity index (χ3n) is 4.38. The number of hydrogen-bond donors (Lipinski definition) is 2. The molecular weight excluding hydrogens is 356 g/mol. The molecule has 0 fully saturated rings. The number of amides is 1. The SMILES string of the molecule is Cc1ccc(OC(C(N)=O)c2ccc(O)c(-c3nc4ccccc4o3)c2)cc1. The highest BCUT2D eigenvalue weighted by molar-refractivity contribution is 5.82. The van der Waals surface area contributed by atoms with Crippen molar-refractivity contribution in [2.75, 3.05) is 0 Å². The molecule has 28 heavy (non-hydrogen) atoms. The molecule has 0 aliphatic rings. The van der Waals surface area contributed by atoms with E-state index in [9.17, 15) is 9.90 Å². The van der Waals surface area contributed by atoms with Crippen LogP contribution in [0.25, 0.3) is 22.6 Å². The number of nitrogens with zero attached hydrogens (tertiary/aromatic N) is 1. The van der Waals surface area contributed by atoms with Gasteiger partial charge in [0.2, 0.25) is 12.0 Å². The molecule has 4 aromatic rings. The number of aryl methyl sites for hydroxylation is 1. The smallest absolute Gasteiger partial charge is 0.263 e. The zero-order valence-electron chi connectivity index (χ0n) is 15.1. The van der Waals surface area contributed by atoms with Gasteiger partial charge in [-0.05, 0) is 43.3 Å². The Bertz CT molecular complexity index is 1120. The number of ether oxygens (including phenoxy) is 1. The number of para-hydroxylation sites is 2. The average Bonchev–Trinajstić information content (AvgIpc) is 3.12. The highest BCUT2D eigenvalue weighted by atomic mass is 16.5. The minimum atomic E-state index is -1.02. The number of nitrogens with two attached hydrogens (primary N) is 1. The van der Waals surface area contributed by atoms with Crippen LogP contribution in [0.1, 0.15) is 17.2 Å². The summed E-state index contributed by atoms with van der Waals surface area (Å²) in [5, 5.41) is 10.3. The molecule has 0 saturated heterocycles. The summed E-state index contributed by atoms with van der Waals surface area (Å²) in [6.07, 6.45) is -1.02. The summed E-state index contributed by atoms with van der Waals surface area (Å²) in [7, 11) is 0. The van der Waals surface area contributed by atoms with E-state index >= 15 is 0 Å². The Morgan fingerprint density at radius 1 is 1.11 bits per heavy atom. The van der Waals surface area contributed by atoms with Gasteiger partial charge in [-0.2, -0.15) is 0 Å². The van der Waals surface area contributed by atoms with E-state index in [0.717, 1.165) is 5.56 Å². The van der Waals surface area contributed by atoms with Gasteiger partial charge in [-0.15, -0.1) is 0 Å². The van der Waals surface area contributed by atoms with Crippen LogP contribution < -0.4 is 10.5 Å². The number of hydrogen-bond acceptors (Lipinski definition) is 5.